The largest absolute Gasteiger partial charge is 0.481 e. The minimum atomic E-state index is -0.562. The van der Waals surface area contributed by atoms with Crippen LogP contribution in [0.1, 0.15) is 277 Å². The Morgan fingerprint density at radius 3 is 0.694 bits per heavy atom. The maximum atomic E-state index is 11.7. The van der Waals surface area contributed by atoms with Gasteiger partial charge in [-0.25, -0.2) is 0 Å². The molecule has 0 rings (SSSR count). The average molecular weight is 693 g/mol. The first-order chi connectivity index (χ1) is 24.2. The lowest BCUT2D eigenvalue weighted by Gasteiger charge is -2.12. The number of hydrogen-bond acceptors (Lipinski definition) is 2. The van der Waals surface area contributed by atoms with E-state index in [-0.39, 0.29) is 5.92 Å². The summed E-state index contributed by atoms with van der Waals surface area (Å²) in [7, 11) is 0. The van der Waals surface area contributed by atoms with Crippen LogP contribution < -0.4 is 0 Å². The first kappa shape index (κ1) is 48.4. The van der Waals surface area contributed by atoms with Crippen molar-refractivity contribution in [2.45, 2.75) is 277 Å². The van der Waals surface area contributed by atoms with Gasteiger partial charge in [0, 0.05) is 6.61 Å². The molecule has 0 fully saturated rings. The van der Waals surface area contributed by atoms with Crippen molar-refractivity contribution in [3.63, 3.8) is 0 Å². The Balaban J connectivity index is 3.31. The maximum absolute atomic E-state index is 11.7. The molecule has 2 N–H and O–H groups in total. The van der Waals surface area contributed by atoms with E-state index >= 15 is 0 Å². The van der Waals surface area contributed by atoms with Crippen molar-refractivity contribution in [1.82, 2.24) is 0 Å². The van der Waals surface area contributed by atoms with E-state index in [9.17, 15) is 9.90 Å². The number of carboxylic acid groups (broad SMARTS) is 1. The number of aliphatic hydroxyl groups is 1. The summed E-state index contributed by atoms with van der Waals surface area (Å²) in [5.74, 6) is -0.675. The predicted octanol–water partition coefficient (Wildman–Crippen LogP) is 16.1. The fraction of sp³-hybridized carbons (Fsp3) is 0.978. The molecule has 1 atom stereocenters. The van der Waals surface area contributed by atoms with Crippen LogP contribution in [0.15, 0.2) is 0 Å². The molecule has 0 spiro atoms. The molecule has 0 amide bonds. The summed E-state index contributed by atoms with van der Waals surface area (Å²) in [5, 5.41) is 18.5. The van der Waals surface area contributed by atoms with Gasteiger partial charge in [-0.15, -0.1) is 0 Å². The summed E-state index contributed by atoms with van der Waals surface area (Å²) in [6.45, 7) is 2.65. The third-order valence-corrected chi connectivity index (χ3v) is 11.2. The summed E-state index contributed by atoms with van der Waals surface area (Å²) in [5.41, 5.74) is 0. The zero-order chi connectivity index (χ0) is 35.6. The molecule has 0 aliphatic rings. The smallest absolute Gasteiger partial charge is 0.306 e. The molecule has 294 valence electrons. The second-order valence-electron chi connectivity index (χ2n) is 16.1. The van der Waals surface area contributed by atoms with Crippen LogP contribution in [0.3, 0.4) is 0 Å². The topological polar surface area (TPSA) is 57.5 Å². The van der Waals surface area contributed by atoms with Crippen LogP contribution in [-0.2, 0) is 4.79 Å². The van der Waals surface area contributed by atoms with Crippen molar-refractivity contribution in [3.05, 3.63) is 0 Å². The Morgan fingerprint density at radius 1 is 0.327 bits per heavy atom. The molecule has 0 radical (unpaired) electrons. The highest BCUT2D eigenvalue weighted by Gasteiger charge is 2.16. The molecule has 0 aromatic carbocycles. The van der Waals surface area contributed by atoms with Gasteiger partial charge >= 0.3 is 5.97 Å². The molecular weight excluding hydrogens is 601 g/mol. The van der Waals surface area contributed by atoms with Gasteiger partial charge in [0.1, 0.15) is 0 Å². The minimum absolute atomic E-state index is 0.113. The molecule has 0 aromatic rings. The van der Waals surface area contributed by atoms with Crippen molar-refractivity contribution >= 4 is 5.97 Å². The van der Waals surface area contributed by atoms with E-state index in [0.717, 1.165) is 32.1 Å². The van der Waals surface area contributed by atoms with Gasteiger partial charge in [0.25, 0.3) is 0 Å². The Morgan fingerprint density at radius 2 is 0.510 bits per heavy atom. The summed E-state index contributed by atoms with van der Waals surface area (Å²) < 4.78 is 0. The Kier molecular flexibility index (Phi) is 43.1. The lowest BCUT2D eigenvalue weighted by Crippen LogP contribution is -2.13. The standard InChI is InChI=1S/C46H92O3/c1-2-3-4-5-6-7-8-9-10-11-12-13-14-15-16-17-18-19-20-21-24-27-30-33-36-39-42-45(46(48)49)43-40-37-34-31-28-25-22-23-26-29-32-35-38-41-44-47/h45,47H,2-44H2,1H3,(H,48,49). The van der Waals surface area contributed by atoms with Crippen LogP contribution in [0.5, 0.6) is 0 Å². The lowest BCUT2D eigenvalue weighted by atomic mass is 9.94. The van der Waals surface area contributed by atoms with Crippen LogP contribution in [0, 0.1) is 5.92 Å². The van der Waals surface area contributed by atoms with Crippen LogP contribution in [0.4, 0.5) is 0 Å². The average Bonchev–Trinajstić information content (AvgIpc) is 3.10. The van der Waals surface area contributed by atoms with Gasteiger partial charge in [-0.1, -0.05) is 257 Å². The van der Waals surface area contributed by atoms with Crippen LogP contribution in [0.2, 0.25) is 0 Å². The second-order valence-corrected chi connectivity index (χ2v) is 16.1. The molecule has 3 heteroatoms. The molecule has 3 nitrogen and oxygen atoms in total. The van der Waals surface area contributed by atoms with Gasteiger partial charge in [-0.3, -0.25) is 4.79 Å². The normalized spacial score (nSPS) is 12.2. The van der Waals surface area contributed by atoms with E-state index in [4.69, 9.17) is 5.11 Å². The number of rotatable bonds is 44. The molecule has 0 saturated heterocycles. The van der Waals surface area contributed by atoms with E-state index in [1.165, 1.54) is 238 Å². The molecule has 0 saturated carbocycles. The number of aliphatic carboxylic acids is 1. The van der Waals surface area contributed by atoms with Crippen molar-refractivity contribution in [2.24, 2.45) is 5.92 Å². The highest BCUT2D eigenvalue weighted by atomic mass is 16.4. The van der Waals surface area contributed by atoms with Gasteiger partial charge in [0.2, 0.25) is 0 Å². The van der Waals surface area contributed by atoms with Crippen molar-refractivity contribution in [1.29, 1.82) is 0 Å². The predicted molar refractivity (Wildman–Crippen MR) is 218 cm³/mol. The van der Waals surface area contributed by atoms with E-state index < -0.39 is 5.97 Å². The van der Waals surface area contributed by atoms with Crippen molar-refractivity contribution in [3.8, 4) is 0 Å². The Bertz CT molecular complexity index is 605. The van der Waals surface area contributed by atoms with Gasteiger partial charge in [-0.05, 0) is 19.3 Å². The first-order valence-electron chi connectivity index (χ1n) is 23.1. The highest BCUT2D eigenvalue weighted by Crippen LogP contribution is 2.21. The van der Waals surface area contributed by atoms with Gasteiger partial charge in [0.15, 0.2) is 0 Å². The number of unbranched alkanes of at least 4 members (excludes halogenated alkanes) is 38. The number of carbonyl (C=O) groups is 1. The van der Waals surface area contributed by atoms with E-state index in [2.05, 4.69) is 6.92 Å². The maximum Gasteiger partial charge on any atom is 0.306 e. The van der Waals surface area contributed by atoms with E-state index in [1.54, 1.807) is 0 Å². The zero-order valence-corrected chi connectivity index (χ0v) is 33.8. The lowest BCUT2D eigenvalue weighted by molar-refractivity contribution is -0.142. The van der Waals surface area contributed by atoms with Crippen LogP contribution in [-0.4, -0.2) is 22.8 Å². The quantitative estimate of drug-likeness (QED) is 0.0625. The molecule has 0 heterocycles. The molecular formula is C46H92O3. The SMILES string of the molecule is CCCCCCCCCCCCCCCCCCCCCCCCCCCCC(CCCCCCCCCCCCCCCCO)C(=O)O. The second kappa shape index (κ2) is 43.6. The van der Waals surface area contributed by atoms with Gasteiger partial charge in [0.05, 0.1) is 5.92 Å². The molecule has 0 aliphatic carbocycles. The fourth-order valence-corrected chi connectivity index (χ4v) is 7.72. The Hall–Kier alpha value is -0.570. The minimum Gasteiger partial charge on any atom is -0.481 e. The third kappa shape index (κ3) is 41.7. The van der Waals surface area contributed by atoms with Gasteiger partial charge in [-0.2, -0.15) is 0 Å². The molecule has 1 unspecified atom stereocenters. The Labute approximate surface area is 309 Å². The summed E-state index contributed by atoms with van der Waals surface area (Å²) in [4.78, 5) is 11.7. The molecule has 0 aliphatic heterocycles. The van der Waals surface area contributed by atoms with E-state index in [1.807, 2.05) is 0 Å². The number of hydrogen-bond donors (Lipinski definition) is 2. The number of carboxylic acids is 1. The van der Waals surface area contributed by atoms with Crippen molar-refractivity contribution in [2.75, 3.05) is 6.61 Å². The fourth-order valence-electron chi connectivity index (χ4n) is 7.72. The third-order valence-electron chi connectivity index (χ3n) is 11.2. The zero-order valence-electron chi connectivity index (χ0n) is 33.8. The van der Waals surface area contributed by atoms with Crippen LogP contribution >= 0.6 is 0 Å². The van der Waals surface area contributed by atoms with E-state index in [0.29, 0.717) is 6.61 Å². The van der Waals surface area contributed by atoms with Crippen LogP contribution in [0.25, 0.3) is 0 Å². The molecule has 0 bridgehead atoms. The van der Waals surface area contributed by atoms with Crippen molar-refractivity contribution < 1.29 is 15.0 Å². The van der Waals surface area contributed by atoms with Gasteiger partial charge < -0.3 is 10.2 Å². The summed E-state index contributed by atoms with van der Waals surface area (Å²) in [6.07, 6.45) is 56.3. The molecule has 49 heavy (non-hydrogen) atoms. The summed E-state index contributed by atoms with van der Waals surface area (Å²) in [6, 6.07) is 0. The monoisotopic (exact) mass is 693 g/mol. The highest BCUT2D eigenvalue weighted by molar-refractivity contribution is 5.69. The summed E-state index contributed by atoms with van der Waals surface area (Å²) >= 11 is 0. The first-order valence-corrected chi connectivity index (χ1v) is 23.1. The number of aliphatic hydroxyl groups excluding tert-OH is 1. The molecule has 0 aromatic heterocycles.